The van der Waals surface area contributed by atoms with E-state index in [1.165, 1.54) is 17.3 Å². The third kappa shape index (κ3) is 4.26. The van der Waals surface area contributed by atoms with Gasteiger partial charge >= 0.3 is 0 Å². The lowest BCUT2D eigenvalue weighted by Crippen LogP contribution is -2.15. The molecule has 4 heteroatoms. The fourth-order valence-electron chi connectivity index (χ4n) is 1.89. The molecular weight excluding hydrogens is 282 g/mol. The van der Waals surface area contributed by atoms with Gasteiger partial charge in [0.25, 0.3) is 0 Å². The molecule has 1 N–H and O–H groups in total. The molecule has 2 aromatic carbocycles. The summed E-state index contributed by atoms with van der Waals surface area (Å²) in [5.41, 5.74) is 3.17. The van der Waals surface area contributed by atoms with Gasteiger partial charge in [-0.25, -0.2) is 0 Å². The first-order chi connectivity index (χ1) is 10.1. The molecule has 0 aromatic heterocycles. The van der Waals surface area contributed by atoms with Gasteiger partial charge < -0.3 is 10.1 Å². The summed E-state index contributed by atoms with van der Waals surface area (Å²) in [6.07, 6.45) is 0. The van der Waals surface area contributed by atoms with Crippen LogP contribution in [-0.2, 0) is 4.79 Å². The van der Waals surface area contributed by atoms with Gasteiger partial charge in [-0.2, -0.15) is 0 Å². The van der Waals surface area contributed by atoms with Crippen molar-refractivity contribution in [3.63, 3.8) is 0 Å². The summed E-state index contributed by atoms with van der Waals surface area (Å²) in [7, 11) is 1.64. The quantitative estimate of drug-likeness (QED) is 0.847. The molecule has 0 spiro atoms. The van der Waals surface area contributed by atoms with Crippen LogP contribution in [0, 0.1) is 13.8 Å². The molecule has 0 unspecified atom stereocenters. The topological polar surface area (TPSA) is 38.3 Å². The van der Waals surface area contributed by atoms with Crippen LogP contribution in [0.25, 0.3) is 0 Å². The van der Waals surface area contributed by atoms with Crippen LogP contribution in [0.3, 0.4) is 0 Å². The Hall–Kier alpha value is -1.94. The van der Waals surface area contributed by atoms with Crippen LogP contribution in [0.1, 0.15) is 11.1 Å². The molecule has 0 heterocycles. The normalized spacial score (nSPS) is 10.2. The number of aryl methyl sites for hydroxylation is 1. The number of ether oxygens (including phenoxy) is 1. The van der Waals surface area contributed by atoms with E-state index in [1.54, 1.807) is 7.11 Å². The van der Waals surface area contributed by atoms with Crippen molar-refractivity contribution in [1.29, 1.82) is 0 Å². The molecule has 21 heavy (non-hydrogen) atoms. The van der Waals surface area contributed by atoms with E-state index >= 15 is 0 Å². The van der Waals surface area contributed by atoms with E-state index in [9.17, 15) is 4.79 Å². The first kappa shape index (κ1) is 15.4. The molecule has 0 saturated heterocycles. The number of methoxy groups -OCH3 is 1. The van der Waals surface area contributed by atoms with Crippen LogP contribution in [0.15, 0.2) is 47.4 Å². The zero-order chi connectivity index (χ0) is 15.2. The van der Waals surface area contributed by atoms with Gasteiger partial charge in [0.15, 0.2) is 0 Å². The number of amides is 1. The number of hydrogen-bond acceptors (Lipinski definition) is 3. The lowest BCUT2D eigenvalue weighted by Gasteiger charge is -2.10. The Kier molecular flexibility index (Phi) is 5.28. The van der Waals surface area contributed by atoms with E-state index in [2.05, 4.69) is 5.32 Å². The van der Waals surface area contributed by atoms with Gasteiger partial charge in [0, 0.05) is 10.6 Å². The number of rotatable bonds is 5. The minimum Gasteiger partial charge on any atom is -0.497 e. The highest BCUT2D eigenvalue weighted by molar-refractivity contribution is 8.00. The molecule has 3 nitrogen and oxygen atoms in total. The monoisotopic (exact) mass is 301 g/mol. The maximum Gasteiger partial charge on any atom is 0.234 e. The number of benzene rings is 2. The van der Waals surface area contributed by atoms with Crippen molar-refractivity contribution in [1.82, 2.24) is 0 Å². The minimum atomic E-state index is 0.00418. The first-order valence-corrected chi connectivity index (χ1v) is 7.71. The minimum absolute atomic E-state index is 0.00418. The van der Waals surface area contributed by atoms with Gasteiger partial charge in [-0.15, -0.1) is 11.8 Å². The van der Waals surface area contributed by atoms with E-state index < -0.39 is 0 Å². The molecule has 0 aliphatic carbocycles. The third-order valence-corrected chi connectivity index (χ3v) is 4.32. The number of hydrogen-bond donors (Lipinski definition) is 1. The lowest BCUT2D eigenvalue weighted by molar-refractivity contribution is -0.113. The summed E-state index contributed by atoms with van der Waals surface area (Å²) in [6, 6.07) is 13.6. The van der Waals surface area contributed by atoms with Gasteiger partial charge in [0.2, 0.25) is 5.91 Å². The van der Waals surface area contributed by atoms with E-state index in [0.29, 0.717) is 5.75 Å². The second-order valence-electron chi connectivity index (χ2n) is 4.76. The standard InChI is InChI=1S/C17H19NO2S/c1-12-5-4-6-16(13(12)2)18-17(19)11-21-15-9-7-14(20-3)8-10-15/h4-10H,11H2,1-3H3,(H,18,19). The largest absolute Gasteiger partial charge is 0.497 e. The summed E-state index contributed by atoms with van der Waals surface area (Å²) in [6.45, 7) is 4.05. The second-order valence-corrected chi connectivity index (χ2v) is 5.81. The highest BCUT2D eigenvalue weighted by atomic mass is 32.2. The molecule has 0 bridgehead atoms. The SMILES string of the molecule is COc1ccc(SCC(=O)Nc2cccc(C)c2C)cc1. The van der Waals surface area contributed by atoms with Gasteiger partial charge in [0.1, 0.15) is 5.75 Å². The predicted octanol–water partition coefficient (Wildman–Crippen LogP) is 4.04. The lowest BCUT2D eigenvalue weighted by atomic mass is 10.1. The zero-order valence-electron chi connectivity index (χ0n) is 12.5. The van der Waals surface area contributed by atoms with Crippen molar-refractivity contribution < 1.29 is 9.53 Å². The molecule has 0 radical (unpaired) electrons. The highest BCUT2D eigenvalue weighted by Gasteiger charge is 2.06. The maximum atomic E-state index is 12.0. The number of anilines is 1. The van der Waals surface area contributed by atoms with Crippen molar-refractivity contribution in [3.8, 4) is 5.75 Å². The third-order valence-electron chi connectivity index (χ3n) is 3.31. The van der Waals surface area contributed by atoms with Gasteiger partial charge in [0.05, 0.1) is 12.9 Å². The molecule has 0 atom stereocenters. The van der Waals surface area contributed by atoms with Crippen molar-refractivity contribution in [3.05, 3.63) is 53.6 Å². The molecule has 0 aliphatic heterocycles. The Labute approximate surface area is 129 Å². The number of carbonyl (C=O) groups excluding carboxylic acids is 1. The molecule has 0 saturated carbocycles. The van der Waals surface area contributed by atoms with Crippen molar-refractivity contribution in [2.75, 3.05) is 18.2 Å². The van der Waals surface area contributed by atoms with Crippen LogP contribution in [-0.4, -0.2) is 18.8 Å². The zero-order valence-corrected chi connectivity index (χ0v) is 13.3. The first-order valence-electron chi connectivity index (χ1n) is 6.73. The number of thioether (sulfide) groups is 1. The van der Waals surface area contributed by atoms with Crippen molar-refractivity contribution >= 4 is 23.4 Å². The van der Waals surface area contributed by atoms with Crippen molar-refractivity contribution in [2.24, 2.45) is 0 Å². The summed E-state index contributed by atoms with van der Waals surface area (Å²) in [5.74, 6) is 1.21. The van der Waals surface area contributed by atoms with Crippen LogP contribution in [0.5, 0.6) is 5.75 Å². The van der Waals surface area contributed by atoms with E-state index in [1.807, 2.05) is 56.3 Å². The van der Waals surface area contributed by atoms with Crippen LogP contribution in [0.2, 0.25) is 0 Å². The molecular formula is C17H19NO2S. The highest BCUT2D eigenvalue weighted by Crippen LogP contribution is 2.22. The average Bonchev–Trinajstić information content (AvgIpc) is 2.50. The second kappa shape index (κ2) is 7.18. The van der Waals surface area contributed by atoms with E-state index in [0.717, 1.165) is 21.9 Å². The van der Waals surface area contributed by atoms with Crippen LogP contribution in [0.4, 0.5) is 5.69 Å². The average molecular weight is 301 g/mol. The van der Waals surface area contributed by atoms with Crippen molar-refractivity contribution in [2.45, 2.75) is 18.7 Å². The van der Waals surface area contributed by atoms with Crippen LogP contribution >= 0.6 is 11.8 Å². The Bertz CT molecular complexity index is 623. The molecule has 2 rings (SSSR count). The Morgan fingerprint density at radius 2 is 1.86 bits per heavy atom. The van der Waals surface area contributed by atoms with Gasteiger partial charge in [-0.3, -0.25) is 4.79 Å². The molecule has 1 amide bonds. The Morgan fingerprint density at radius 3 is 2.52 bits per heavy atom. The fraction of sp³-hybridized carbons (Fsp3) is 0.235. The maximum absolute atomic E-state index is 12.0. The molecule has 0 aliphatic rings. The van der Waals surface area contributed by atoms with Gasteiger partial charge in [-0.1, -0.05) is 12.1 Å². The summed E-state index contributed by atoms with van der Waals surface area (Å²) >= 11 is 1.51. The summed E-state index contributed by atoms with van der Waals surface area (Å²) < 4.78 is 5.11. The smallest absolute Gasteiger partial charge is 0.234 e. The molecule has 110 valence electrons. The molecule has 2 aromatic rings. The van der Waals surface area contributed by atoms with E-state index in [-0.39, 0.29) is 5.91 Å². The number of carbonyl (C=O) groups is 1. The van der Waals surface area contributed by atoms with Gasteiger partial charge in [-0.05, 0) is 55.3 Å². The summed E-state index contributed by atoms with van der Waals surface area (Å²) in [5, 5.41) is 2.96. The molecule has 0 fully saturated rings. The Morgan fingerprint density at radius 1 is 1.14 bits per heavy atom. The summed E-state index contributed by atoms with van der Waals surface area (Å²) in [4.78, 5) is 13.1. The van der Waals surface area contributed by atoms with E-state index in [4.69, 9.17) is 4.74 Å². The van der Waals surface area contributed by atoms with Crippen LogP contribution < -0.4 is 10.1 Å². The Balaban J connectivity index is 1.91. The number of nitrogens with one attached hydrogen (secondary N) is 1. The fourth-order valence-corrected chi connectivity index (χ4v) is 2.59. The predicted molar refractivity (Wildman–Crippen MR) is 88.3 cm³/mol.